The predicted molar refractivity (Wildman–Crippen MR) is 113 cm³/mol. The van der Waals surface area contributed by atoms with E-state index in [-0.39, 0.29) is 12.8 Å². The molecule has 0 aromatic heterocycles. The molecule has 0 fully saturated rings. The maximum atomic E-state index is 12.8. The Labute approximate surface area is 190 Å². The normalized spacial score (nSPS) is 16.3. The van der Waals surface area contributed by atoms with E-state index in [4.69, 9.17) is 21.7 Å². The van der Waals surface area contributed by atoms with Crippen LogP contribution in [-0.2, 0) is 28.8 Å². The highest BCUT2D eigenvalue weighted by molar-refractivity contribution is 5.95. The van der Waals surface area contributed by atoms with E-state index < -0.39 is 78.2 Å². The van der Waals surface area contributed by atoms with Crippen molar-refractivity contribution in [2.24, 2.45) is 17.4 Å². The van der Waals surface area contributed by atoms with Crippen LogP contribution in [0.15, 0.2) is 0 Å². The monoisotopic (exact) mass is 475 g/mol. The van der Waals surface area contributed by atoms with Gasteiger partial charge in [-0.25, -0.2) is 4.79 Å². The molecule has 4 amide bonds. The molecule has 0 spiro atoms. The first-order chi connectivity index (χ1) is 15.2. The van der Waals surface area contributed by atoms with Crippen LogP contribution in [0.2, 0.25) is 0 Å². The maximum absolute atomic E-state index is 12.8. The van der Waals surface area contributed by atoms with Crippen LogP contribution in [0.25, 0.3) is 0 Å². The summed E-state index contributed by atoms with van der Waals surface area (Å²) in [6, 6.07) is -5.73. The van der Waals surface area contributed by atoms with Crippen LogP contribution >= 0.6 is 0 Å². The quantitative estimate of drug-likeness (QED) is 0.119. The number of primary amides is 1. The van der Waals surface area contributed by atoms with Gasteiger partial charge < -0.3 is 42.7 Å². The van der Waals surface area contributed by atoms with Crippen molar-refractivity contribution in [1.29, 1.82) is 0 Å². The first kappa shape index (κ1) is 29.7. The maximum Gasteiger partial charge on any atom is 0.326 e. The van der Waals surface area contributed by atoms with Gasteiger partial charge in [0.05, 0.1) is 18.6 Å². The Bertz CT molecular complexity index is 743. The standard InChI is InChI=1S/C19H33N5O9/c1-4-8(2)14(17(30)22-11(19(32)33)7-13(27)28)23-18(31)15(9(3)25)24-16(29)10(20)5-6-12(21)26/h8-11,14-15,25H,4-7,20H2,1-3H3,(H2,21,26)(H,22,30)(H,23,31)(H,24,29)(H,27,28)(H,32,33). The molecule has 0 aliphatic rings. The lowest BCUT2D eigenvalue weighted by Gasteiger charge is -2.28. The zero-order chi connectivity index (χ0) is 25.9. The Morgan fingerprint density at radius 1 is 0.879 bits per heavy atom. The van der Waals surface area contributed by atoms with Crippen LogP contribution < -0.4 is 27.4 Å². The molecule has 0 bridgehead atoms. The summed E-state index contributed by atoms with van der Waals surface area (Å²) >= 11 is 0. The van der Waals surface area contributed by atoms with E-state index in [1.807, 2.05) is 0 Å². The van der Waals surface area contributed by atoms with E-state index in [1.165, 1.54) is 6.92 Å². The van der Waals surface area contributed by atoms with Crippen molar-refractivity contribution in [1.82, 2.24) is 16.0 Å². The van der Waals surface area contributed by atoms with Gasteiger partial charge in [-0.05, 0) is 19.3 Å². The summed E-state index contributed by atoms with van der Waals surface area (Å²) < 4.78 is 0. The number of nitrogens with one attached hydrogen (secondary N) is 3. The molecule has 188 valence electrons. The fraction of sp³-hybridized carbons (Fsp3) is 0.684. The van der Waals surface area contributed by atoms with E-state index in [1.54, 1.807) is 13.8 Å². The van der Waals surface area contributed by atoms with Crippen LogP contribution in [0, 0.1) is 5.92 Å². The molecule has 0 rings (SSSR count). The van der Waals surface area contributed by atoms with Crippen molar-refractivity contribution in [2.45, 2.75) is 76.7 Å². The minimum absolute atomic E-state index is 0.0899. The third-order valence-electron chi connectivity index (χ3n) is 4.89. The van der Waals surface area contributed by atoms with Crippen molar-refractivity contribution in [3.05, 3.63) is 0 Å². The average Bonchev–Trinajstić information content (AvgIpc) is 2.71. The topological polar surface area (TPSA) is 251 Å². The van der Waals surface area contributed by atoms with Crippen LogP contribution in [0.1, 0.15) is 46.5 Å². The number of aliphatic hydroxyl groups excluding tert-OH is 1. The van der Waals surface area contributed by atoms with Gasteiger partial charge in [0.25, 0.3) is 0 Å². The van der Waals surface area contributed by atoms with E-state index in [0.29, 0.717) is 6.42 Å². The Balaban J connectivity index is 5.47. The highest BCUT2D eigenvalue weighted by Gasteiger charge is 2.34. The molecule has 6 unspecified atom stereocenters. The summed E-state index contributed by atoms with van der Waals surface area (Å²) in [6.07, 6.45) is -2.17. The number of amides is 4. The molecule has 0 heterocycles. The van der Waals surface area contributed by atoms with Gasteiger partial charge >= 0.3 is 11.9 Å². The summed E-state index contributed by atoms with van der Waals surface area (Å²) in [4.78, 5) is 70.6. The van der Waals surface area contributed by atoms with Crippen molar-refractivity contribution in [2.75, 3.05) is 0 Å². The highest BCUT2D eigenvalue weighted by Crippen LogP contribution is 2.10. The van der Waals surface area contributed by atoms with Gasteiger partial charge in [0.1, 0.15) is 18.1 Å². The molecule has 0 saturated carbocycles. The molecular formula is C19H33N5O9. The molecule has 14 heteroatoms. The van der Waals surface area contributed by atoms with Crippen molar-refractivity contribution < 1.29 is 44.1 Å². The van der Waals surface area contributed by atoms with Gasteiger partial charge in [0.15, 0.2) is 0 Å². The van der Waals surface area contributed by atoms with Gasteiger partial charge in [-0.1, -0.05) is 20.3 Å². The van der Waals surface area contributed by atoms with Gasteiger partial charge in [-0.3, -0.25) is 24.0 Å². The number of hydrogen-bond donors (Lipinski definition) is 8. The molecular weight excluding hydrogens is 442 g/mol. The summed E-state index contributed by atoms with van der Waals surface area (Å²) in [5, 5.41) is 34.6. The Kier molecular flexibility index (Phi) is 12.6. The fourth-order valence-corrected chi connectivity index (χ4v) is 2.68. The largest absolute Gasteiger partial charge is 0.481 e. The second kappa shape index (κ2) is 14.0. The number of carbonyl (C=O) groups excluding carboxylic acids is 4. The fourth-order valence-electron chi connectivity index (χ4n) is 2.68. The number of carboxylic acids is 2. The van der Waals surface area contributed by atoms with Crippen molar-refractivity contribution in [3.8, 4) is 0 Å². The lowest BCUT2D eigenvalue weighted by Crippen LogP contribution is -2.61. The molecule has 0 aliphatic heterocycles. The molecule has 33 heavy (non-hydrogen) atoms. The SMILES string of the molecule is CCC(C)C(NC(=O)C(NC(=O)C(N)CCC(N)=O)C(C)O)C(=O)NC(CC(=O)O)C(=O)O. The number of rotatable bonds is 15. The molecule has 0 saturated heterocycles. The first-order valence-electron chi connectivity index (χ1n) is 10.3. The third kappa shape index (κ3) is 10.7. The minimum Gasteiger partial charge on any atom is -0.481 e. The lowest BCUT2D eigenvalue weighted by molar-refractivity contribution is -0.147. The summed E-state index contributed by atoms with van der Waals surface area (Å²) in [6.45, 7) is 4.51. The Hall–Kier alpha value is -3.26. The molecule has 0 aromatic carbocycles. The van der Waals surface area contributed by atoms with Crippen LogP contribution in [0.4, 0.5) is 0 Å². The van der Waals surface area contributed by atoms with Crippen LogP contribution in [0.3, 0.4) is 0 Å². The second-order valence-corrected chi connectivity index (χ2v) is 7.71. The molecule has 14 nitrogen and oxygen atoms in total. The Morgan fingerprint density at radius 3 is 1.82 bits per heavy atom. The van der Waals surface area contributed by atoms with Crippen molar-refractivity contribution >= 4 is 35.6 Å². The number of aliphatic hydroxyl groups is 1. The van der Waals surface area contributed by atoms with Gasteiger partial charge in [-0.2, -0.15) is 0 Å². The second-order valence-electron chi connectivity index (χ2n) is 7.71. The van der Waals surface area contributed by atoms with Crippen LogP contribution in [0.5, 0.6) is 0 Å². The number of nitrogens with two attached hydrogens (primary N) is 2. The number of carboxylic acid groups (broad SMARTS) is 2. The minimum atomic E-state index is -1.73. The van der Waals surface area contributed by atoms with E-state index in [9.17, 15) is 33.9 Å². The number of carbonyl (C=O) groups is 6. The molecule has 6 atom stereocenters. The summed E-state index contributed by atoms with van der Waals surface area (Å²) in [5.74, 6) is -6.94. The van der Waals surface area contributed by atoms with Gasteiger partial charge in [0.2, 0.25) is 23.6 Å². The molecule has 10 N–H and O–H groups in total. The van der Waals surface area contributed by atoms with Gasteiger partial charge in [0, 0.05) is 6.42 Å². The van der Waals surface area contributed by atoms with E-state index in [0.717, 1.165) is 0 Å². The number of hydrogen-bond acceptors (Lipinski definition) is 8. The third-order valence-corrected chi connectivity index (χ3v) is 4.89. The van der Waals surface area contributed by atoms with Crippen molar-refractivity contribution in [3.63, 3.8) is 0 Å². The highest BCUT2D eigenvalue weighted by atomic mass is 16.4. The molecule has 0 aliphatic carbocycles. The summed E-state index contributed by atoms with van der Waals surface area (Å²) in [5.41, 5.74) is 10.7. The molecule has 0 aromatic rings. The van der Waals surface area contributed by atoms with E-state index >= 15 is 0 Å². The number of aliphatic carboxylic acids is 2. The smallest absolute Gasteiger partial charge is 0.326 e. The average molecular weight is 475 g/mol. The van der Waals surface area contributed by atoms with Gasteiger partial charge in [-0.15, -0.1) is 0 Å². The summed E-state index contributed by atoms with van der Waals surface area (Å²) in [7, 11) is 0. The first-order valence-corrected chi connectivity index (χ1v) is 10.3. The predicted octanol–water partition coefficient (Wildman–Crippen LogP) is -2.98. The lowest BCUT2D eigenvalue weighted by atomic mass is 9.97. The zero-order valence-electron chi connectivity index (χ0n) is 18.7. The van der Waals surface area contributed by atoms with E-state index in [2.05, 4.69) is 16.0 Å². The van der Waals surface area contributed by atoms with Crippen LogP contribution in [-0.4, -0.2) is 81.2 Å². The molecule has 0 radical (unpaired) electrons. The Morgan fingerprint density at radius 2 is 1.39 bits per heavy atom. The zero-order valence-corrected chi connectivity index (χ0v) is 18.7.